The summed E-state index contributed by atoms with van der Waals surface area (Å²) in [6, 6.07) is 0. The molecule has 15 heavy (non-hydrogen) atoms. The summed E-state index contributed by atoms with van der Waals surface area (Å²) in [6.45, 7) is 0. The van der Waals surface area contributed by atoms with Crippen LogP contribution in [0.1, 0.15) is 0 Å². The quantitative estimate of drug-likeness (QED) is 0.296. The summed E-state index contributed by atoms with van der Waals surface area (Å²) in [5.41, 5.74) is 0. The molecule has 0 aromatic heterocycles. The lowest BCUT2D eigenvalue weighted by molar-refractivity contribution is -0.635. The topological polar surface area (TPSA) is 142 Å². The molecule has 0 spiro atoms. The summed E-state index contributed by atoms with van der Waals surface area (Å²) in [6.07, 6.45) is 0. The van der Waals surface area contributed by atoms with Crippen LogP contribution in [0.3, 0.4) is 0 Å². The van der Waals surface area contributed by atoms with Crippen LogP contribution in [0.2, 0.25) is 0 Å². The number of hydrogen-bond acceptors (Lipinski definition) is 9. The van der Waals surface area contributed by atoms with Gasteiger partial charge in [-0.05, 0) is 0 Å². The standard InChI is InChI=1S/C2H6O5S.C2H6O4S/c1-6-2-8(4,5)7-3;1-6-2-7(3,4)5/h3H,2H2,1H3;2H2,1H3,(H,3,4,5)/p-2. The molecule has 0 aliphatic heterocycles. The average molecular weight is 266 g/mol. The number of rotatable bonds is 5. The molecular formula is C4H10O9S2-2. The molecule has 11 heteroatoms. The fourth-order valence-electron chi connectivity index (χ4n) is 0.308. The summed E-state index contributed by atoms with van der Waals surface area (Å²) in [5.74, 6) is -1.44. The molecular weight excluding hydrogens is 256 g/mol. The molecule has 0 unspecified atom stereocenters. The van der Waals surface area contributed by atoms with E-state index in [1.54, 1.807) is 0 Å². The van der Waals surface area contributed by atoms with Crippen LogP contribution >= 0.6 is 0 Å². The van der Waals surface area contributed by atoms with Crippen molar-refractivity contribution < 1.29 is 40.5 Å². The Kier molecular flexibility index (Phi) is 9.04. The van der Waals surface area contributed by atoms with Gasteiger partial charge in [0, 0.05) is 14.2 Å². The van der Waals surface area contributed by atoms with Gasteiger partial charge in [0.25, 0.3) is 10.1 Å². The maximum absolute atomic E-state index is 9.94. The van der Waals surface area contributed by atoms with Crippen LogP contribution in [0.5, 0.6) is 0 Å². The van der Waals surface area contributed by atoms with Crippen molar-refractivity contribution in [3.05, 3.63) is 0 Å². The lowest BCUT2D eigenvalue weighted by Gasteiger charge is -2.04. The van der Waals surface area contributed by atoms with Gasteiger partial charge in [-0.15, -0.1) is 0 Å². The number of methoxy groups -OCH3 is 2. The van der Waals surface area contributed by atoms with Crippen LogP contribution in [0.25, 0.3) is 0 Å². The summed E-state index contributed by atoms with van der Waals surface area (Å²) < 4.78 is 59.4. The van der Waals surface area contributed by atoms with Crippen LogP contribution in [0.4, 0.5) is 0 Å². The Morgan fingerprint density at radius 2 is 1.40 bits per heavy atom. The van der Waals surface area contributed by atoms with Crippen LogP contribution in [-0.2, 0) is 34.0 Å². The predicted octanol–water partition coefficient (Wildman–Crippen LogP) is -2.65. The second-order valence-electron chi connectivity index (χ2n) is 2.00. The Bertz CT molecular complexity index is 327. The van der Waals surface area contributed by atoms with E-state index in [0.717, 1.165) is 14.2 Å². The first-order valence-corrected chi connectivity index (χ1v) is 6.29. The maximum atomic E-state index is 9.94. The Morgan fingerprint density at radius 3 is 1.47 bits per heavy atom. The summed E-state index contributed by atoms with van der Waals surface area (Å²) >= 11 is 0. The van der Waals surface area contributed by atoms with Gasteiger partial charge in [0.1, 0.15) is 16.1 Å². The van der Waals surface area contributed by atoms with E-state index in [0.29, 0.717) is 0 Å². The van der Waals surface area contributed by atoms with E-state index in [1.807, 2.05) is 0 Å². The van der Waals surface area contributed by atoms with Gasteiger partial charge >= 0.3 is 0 Å². The first-order valence-electron chi connectivity index (χ1n) is 3.14. The Balaban J connectivity index is 0. The lowest BCUT2D eigenvalue weighted by atomic mass is 11.5. The van der Waals surface area contributed by atoms with Crippen molar-refractivity contribution in [1.82, 2.24) is 0 Å². The third-order valence-corrected chi connectivity index (χ3v) is 1.88. The first kappa shape index (κ1) is 17.1. The van der Waals surface area contributed by atoms with E-state index in [1.165, 1.54) is 0 Å². The fourth-order valence-corrected chi connectivity index (χ4v) is 0.925. The van der Waals surface area contributed by atoms with E-state index in [2.05, 4.69) is 13.8 Å². The molecule has 0 aliphatic rings. The largest absolute Gasteiger partial charge is 0.746 e. The Labute approximate surface area is 87.4 Å². The molecule has 0 amide bonds. The molecule has 0 saturated heterocycles. The van der Waals surface area contributed by atoms with Crippen LogP contribution in [0.15, 0.2) is 0 Å². The normalized spacial score (nSPS) is 11.7. The summed E-state index contributed by atoms with van der Waals surface area (Å²) in [5, 5.41) is 9.17. The van der Waals surface area contributed by atoms with Crippen molar-refractivity contribution in [2.45, 2.75) is 0 Å². The highest BCUT2D eigenvalue weighted by molar-refractivity contribution is 7.86. The van der Waals surface area contributed by atoms with Gasteiger partial charge in [-0.1, -0.05) is 0 Å². The Morgan fingerprint density at radius 1 is 1.00 bits per heavy atom. The highest BCUT2D eigenvalue weighted by Crippen LogP contribution is 1.84. The lowest BCUT2D eigenvalue weighted by Crippen LogP contribution is -2.18. The van der Waals surface area contributed by atoms with E-state index < -0.39 is 32.1 Å². The van der Waals surface area contributed by atoms with E-state index in [4.69, 9.17) is 0 Å². The zero-order chi connectivity index (χ0) is 12.5. The average Bonchev–Trinajstić information content (AvgIpc) is 2.03. The minimum Gasteiger partial charge on any atom is -0.746 e. The third-order valence-electron chi connectivity index (χ3n) is 0.628. The smallest absolute Gasteiger partial charge is 0.283 e. The van der Waals surface area contributed by atoms with Gasteiger partial charge in [-0.2, -0.15) is 8.42 Å². The van der Waals surface area contributed by atoms with Crippen molar-refractivity contribution in [2.75, 3.05) is 26.1 Å². The Hall–Kier alpha value is -0.300. The summed E-state index contributed by atoms with van der Waals surface area (Å²) in [7, 11) is -5.80. The van der Waals surface area contributed by atoms with Crippen molar-refractivity contribution in [1.29, 1.82) is 0 Å². The van der Waals surface area contributed by atoms with Crippen LogP contribution in [-0.4, -0.2) is 47.5 Å². The SMILES string of the molecule is COCS(=O)(=O)O[O-].COCS(=O)(=O)[O-]. The molecule has 9 nitrogen and oxygen atoms in total. The van der Waals surface area contributed by atoms with Gasteiger partial charge in [0.05, 0.1) is 0 Å². The molecule has 0 aliphatic carbocycles. The van der Waals surface area contributed by atoms with Crippen LogP contribution < -0.4 is 5.26 Å². The van der Waals surface area contributed by atoms with Crippen molar-refractivity contribution >= 4 is 20.2 Å². The summed E-state index contributed by atoms with van der Waals surface area (Å²) in [4.78, 5) is 0. The van der Waals surface area contributed by atoms with Crippen LogP contribution in [0, 0.1) is 0 Å². The fraction of sp³-hybridized carbons (Fsp3) is 1.00. The van der Waals surface area contributed by atoms with E-state index in [9.17, 15) is 26.6 Å². The van der Waals surface area contributed by atoms with Gasteiger partial charge in [0.15, 0.2) is 5.94 Å². The van der Waals surface area contributed by atoms with E-state index in [-0.39, 0.29) is 0 Å². The van der Waals surface area contributed by atoms with Crippen molar-refractivity contribution in [2.24, 2.45) is 0 Å². The highest BCUT2D eigenvalue weighted by Gasteiger charge is 2.01. The molecule has 0 saturated carbocycles. The molecule has 0 atom stereocenters. The number of hydrogen-bond donors (Lipinski definition) is 0. The van der Waals surface area contributed by atoms with E-state index >= 15 is 0 Å². The highest BCUT2D eigenvalue weighted by atomic mass is 32.2. The van der Waals surface area contributed by atoms with Gasteiger partial charge < -0.3 is 23.6 Å². The molecule has 0 heterocycles. The molecule has 0 radical (unpaired) electrons. The number of ether oxygens (including phenoxy) is 2. The minimum absolute atomic E-state index is 0.698. The molecule has 0 aromatic rings. The zero-order valence-electron chi connectivity index (χ0n) is 7.90. The monoisotopic (exact) mass is 266 g/mol. The molecule has 0 aromatic carbocycles. The first-order chi connectivity index (χ1) is 6.68. The van der Waals surface area contributed by atoms with Gasteiger partial charge in [-0.25, -0.2) is 8.42 Å². The molecule has 0 fully saturated rings. The molecule has 0 bridgehead atoms. The maximum Gasteiger partial charge on any atom is 0.283 e. The third kappa shape index (κ3) is 16.4. The predicted molar refractivity (Wildman–Crippen MR) is 43.5 cm³/mol. The zero-order valence-corrected chi connectivity index (χ0v) is 9.54. The minimum atomic E-state index is -4.15. The molecule has 0 rings (SSSR count). The van der Waals surface area contributed by atoms with Gasteiger partial charge in [-0.3, -0.25) is 0 Å². The molecule has 94 valence electrons. The van der Waals surface area contributed by atoms with Crippen molar-refractivity contribution in [3.8, 4) is 0 Å². The van der Waals surface area contributed by atoms with Gasteiger partial charge in [0.2, 0.25) is 0 Å². The van der Waals surface area contributed by atoms with Crippen molar-refractivity contribution in [3.63, 3.8) is 0 Å². The molecule has 0 N–H and O–H groups in total. The second-order valence-corrected chi connectivity index (χ2v) is 4.83. The second kappa shape index (κ2) is 7.92.